The first-order valence-corrected chi connectivity index (χ1v) is 30.4. The number of phosphoric ester groups is 1. The van der Waals surface area contributed by atoms with E-state index in [9.17, 15) is 142 Å². The van der Waals surface area contributed by atoms with Crippen LogP contribution in [0.5, 0.6) is 0 Å². The molecule has 8 heterocycles. The molecule has 27 N–H and O–H groups in total. The standard InChI is InChI=1S/C48H83O44P/c49-1-9-17(54)26(63)34(71)42(81-9)77-7-15-23(60)31(68)37(45(86-15)78-6-14-22(59)25(62)33(70)41(74)80-14)90-46-39(29(66)20(57)12(4-52)84-46)91-47-38(88-43-35(72)27(64)18(55)10(2-50)82-43)32(69)24(61)16(87-47)8-79-93(75,76)92-48-40(30(67)21(58)13(5-53)85-48)89-44-36(73)28(65)19(56)11(3-51)83-44/h9-74H,1-8H2,(H,75,76)/t9-,10-,11-,12-,13-,14-,15-,16-,17-,18-,19-,20-,21-,22-,23-,24-,25+,26+,27+,28+,29+,30+,31+,32+,33+,34+,35+,36+,37+,38+,39+,40+,41+,42+,43-,44-,45+,46-,47-,48-/m1/s1. The minimum Gasteiger partial charge on any atom is -0.394 e. The molecule has 0 aromatic carbocycles. The van der Waals surface area contributed by atoms with Gasteiger partial charge >= 0.3 is 7.82 Å². The first kappa shape index (κ1) is 77.3. The Hall–Kier alpha value is -1.49. The van der Waals surface area contributed by atoms with Gasteiger partial charge in [-0.05, 0) is 0 Å². The van der Waals surface area contributed by atoms with Gasteiger partial charge in [0.2, 0.25) is 0 Å². The van der Waals surface area contributed by atoms with Crippen LogP contribution in [0.25, 0.3) is 0 Å². The molecule has 8 aliphatic rings. The van der Waals surface area contributed by atoms with Gasteiger partial charge in [-0.1, -0.05) is 0 Å². The molecule has 41 atom stereocenters. The van der Waals surface area contributed by atoms with Crippen molar-refractivity contribution < 1.29 is 218 Å². The van der Waals surface area contributed by atoms with E-state index in [1.165, 1.54) is 0 Å². The van der Waals surface area contributed by atoms with Gasteiger partial charge in [-0.15, -0.1) is 0 Å². The number of ether oxygens (including phenoxy) is 14. The number of hydrogen-bond donors (Lipinski definition) is 27. The second-order valence-corrected chi connectivity index (χ2v) is 24.4. The second kappa shape index (κ2) is 32.9. The molecule has 45 heteroatoms. The minimum atomic E-state index is -5.87. The fraction of sp³-hybridized carbons (Fsp3) is 1.00. The molecule has 0 radical (unpaired) electrons. The Bertz CT molecular complexity index is 2330. The van der Waals surface area contributed by atoms with Gasteiger partial charge in [0, 0.05) is 0 Å². The smallest absolute Gasteiger partial charge is 0.394 e. The van der Waals surface area contributed by atoms with Crippen LogP contribution in [-0.4, -0.2) is 436 Å². The zero-order valence-electron chi connectivity index (χ0n) is 48.2. The van der Waals surface area contributed by atoms with E-state index in [0.29, 0.717) is 0 Å². The minimum absolute atomic E-state index is 0.906. The summed E-state index contributed by atoms with van der Waals surface area (Å²) in [5.41, 5.74) is 0. The first-order valence-electron chi connectivity index (χ1n) is 28.9. The van der Waals surface area contributed by atoms with Gasteiger partial charge in [-0.3, -0.25) is 9.05 Å². The van der Waals surface area contributed by atoms with Gasteiger partial charge in [0.25, 0.3) is 0 Å². The molecule has 0 aromatic heterocycles. The maximum Gasteiger partial charge on any atom is 0.474 e. The number of aliphatic hydroxyl groups excluding tert-OH is 26. The van der Waals surface area contributed by atoms with Crippen LogP contribution in [0.3, 0.4) is 0 Å². The molecule has 544 valence electrons. The third-order valence-corrected chi connectivity index (χ3v) is 17.8. The Morgan fingerprint density at radius 1 is 0.258 bits per heavy atom. The Morgan fingerprint density at radius 2 is 0.516 bits per heavy atom. The Kier molecular flexibility index (Phi) is 27.3. The molecule has 8 aliphatic heterocycles. The number of hydrogen-bond acceptors (Lipinski definition) is 43. The van der Waals surface area contributed by atoms with E-state index in [2.05, 4.69) is 0 Å². The average molecular weight is 1400 g/mol. The predicted molar refractivity (Wildman–Crippen MR) is 275 cm³/mol. The molecule has 1 unspecified atom stereocenters. The topological polar surface area (TPSA) is 711 Å². The molecule has 8 fully saturated rings. The van der Waals surface area contributed by atoms with Crippen molar-refractivity contribution in [3.8, 4) is 0 Å². The Balaban J connectivity index is 1.07. The van der Waals surface area contributed by atoms with Gasteiger partial charge in [0.05, 0.1) is 52.9 Å². The SMILES string of the molecule is O=P(O)(OC[C@H]1O[C@H](O[C@@H]2[C@@H](O[C@@H]3[C@@H](OC[C@H]4O[C@H](O)[C@@H](O)[C@@H](O)[C@@H]4O)O[C@H](CO[C@H]4O[C@H](CO)[C@@H](O)[C@H](O)[C@@H]4O)[C@@H](O)[C@@H]3O)O[C@H](CO)[C@@H](O)[C@@H]2O)[C@@H](O[C@H]2O[C@H](CO)[C@@H](O)[C@H](O)[C@@H]2O)[C@@H](O)[C@@H]1O)O[C@H]1O[C@H](CO)[C@@H](O)[C@H](O)[C@@H]1O[C@H]1O[C@H](CO)[C@@H](O)[C@H](O)[C@@H]1O. The van der Waals surface area contributed by atoms with Gasteiger partial charge in [-0.25, -0.2) is 4.57 Å². The van der Waals surface area contributed by atoms with Crippen LogP contribution in [0.2, 0.25) is 0 Å². The average Bonchev–Trinajstić information content (AvgIpc) is 0.780. The van der Waals surface area contributed by atoms with Gasteiger partial charge < -0.3 is 204 Å². The van der Waals surface area contributed by atoms with Gasteiger partial charge in [-0.2, -0.15) is 0 Å². The van der Waals surface area contributed by atoms with Gasteiger partial charge in [0.15, 0.2) is 50.3 Å². The lowest BCUT2D eigenvalue weighted by Gasteiger charge is -2.50. The van der Waals surface area contributed by atoms with E-state index in [4.69, 9.17) is 75.4 Å². The molecule has 0 aliphatic carbocycles. The highest BCUT2D eigenvalue weighted by Gasteiger charge is 2.59. The van der Waals surface area contributed by atoms with E-state index < -0.39 is 306 Å². The van der Waals surface area contributed by atoms with Crippen LogP contribution in [-0.2, 0) is 79.9 Å². The van der Waals surface area contributed by atoms with Crippen LogP contribution in [0.4, 0.5) is 0 Å². The third-order valence-electron chi connectivity index (χ3n) is 16.8. The van der Waals surface area contributed by atoms with E-state index in [1.807, 2.05) is 0 Å². The fourth-order valence-electron chi connectivity index (χ4n) is 11.2. The quantitative estimate of drug-likeness (QED) is 0.0399. The lowest BCUT2D eigenvalue weighted by Crippen LogP contribution is -2.68. The third kappa shape index (κ3) is 16.8. The van der Waals surface area contributed by atoms with Crippen molar-refractivity contribution >= 4 is 7.82 Å². The molecule has 0 saturated carbocycles. The second-order valence-electron chi connectivity index (χ2n) is 23.0. The number of rotatable bonds is 24. The highest BCUT2D eigenvalue weighted by molar-refractivity contribution is 7.47. The van der Waals surface area contributed by atoms with Crippen LogP contribution >= 0.6 is 7.82 Å². The fourth-order valence-corrected chi connectivity index (χ4v) is 12.0. The van der Waals surface area contributed by atoms with Crippen LogP contribution in [0, 0.1) is 0 Å². The molecule has 0 amide bonds. The van der Waals surface area contributed by atoms with E-state index in [0.717, 1.165) is 0 Å². The molecule has 0 bridgehead atoms. The molecule has 0 aromatic rings. The highest BCUT2D eigenvalue weighted by Crippen LogP contribution is 2.48. The normalized spacial score (nSPS) is 52.5. The highest BCUT2D eigenvalue weighted by atomic mass is 31.2. The van der Waals surface area contributed by atoms with Crippen LogP contribution in [0.15, 0.2) is 0 Å². The maximum absolute atomic E-state index is 13.8. The van der Waals surface area contributed by atoms with E-state index >= 15 is 0 Å². The van der Waals surface area contributed by atoms with Crippen molar-refractivity contribution in [1.82, 2.24) is 0 Å². The molecule has 8 rings (SSSR count). The monoisotopic (exact) mass is 1390 g/mol. The predicted octanol–water partition coefficient (Wildman–Crippen LogP) is -18.3. The molecule has 8 saturated heterocycles. The summed E-state index contributed by atoms with van der Waals surface area (Å²) in [4.78, 5) is 11.1. The van der Waals surface area contributed by atoms with E-state index in [-0.39, 0.29) is 0 Å². The molecule has 93 heavy (non-hydrogen) atoms. The summed E-state index contributed by atoms with van der Waals surface area (Å²) in [6.07, 6.45) is -85.5. The molecule has 0 spiro atoms. The summed E-state index contributed by atoms with van der Waals surface area (Å²) in [5, 5.41) is 277. The summed E-state index contributed by atoms with van der Waals surface area (Å²) in [7, 11) is -5.87. The Labute approximate surface area is 523 Å². The summed E-state index contributed by atoms with van der Waals surface area (Å²) < 4.78 is 103. The van der Waals surface area contributed by atoms with Crippen molar-refractivity contribution in [3.63, 3.8) is 0 Å². The molecular weight excluding hydrogens is 1310 g/mol. The molecular formula is C48H83O44P. The summed E-state index contributed by atoms with van der Waals surface area (Å²) in [5.74, 6) is 0. The zero-order chi connectivity index (χ0) is 68.6. The van der Waals surface area contributed by atoms with Gasteiger partial charge in [0.1, 0.15) is 195 Å². The first-order chi connectivity index (χ1) is 43.8. The summed E-state index contributed by atoms with van der Waals surface area (Å²) in [6.45, 7) is -8.67. The number of aliphatic hydroxyl groups is 26. The van der Waals surface area contributed by atoms with Crippen LogP contribution < -0.4 is 0 Å². The summed E-state index contributed by atoms with van der Waals surface area (Å²) in [6, 6.07) is 0. The van der Waals surface area contributed by atoms with Crippen molar-refractivity contribution in [2.24, 2.45) is 0 Å². The van der Waals surface area contributed by atoms with Crippen molar-refractivity contribution in [2.45, 2.75) is 246 Å². The van der Waals surface area contributed by atoms with Crippen molar-refractivity contribution in [2.75, 3.05) is 52.9 Å². The Morgan fingerprint density at radius 3 is 0.935 bits per heavy atom. The lowest BCUT2D eigenvalue weighted by molar-refractivity contribution is -0.408. The van der Waals surface area contributed by atoms with E-state index in [1.54, 1.807) is 0 Å². The van der Waals surface area contributed by atoms with Crippen LogP contribution in [0.1, 0.15) is 0 Å². The van der Waals surface area contributed by atoms with Crippen molar-refractivity contribution in [1.29, 1.82) is 0 Å². The maximum atomic E-state index is 13.8. The number of phosphoric acid groups is 1. The molecule has 44 nitrogen and oxygen atoms in total. The summed E-state index contributed by atoms with van der Waals surface area (Å²) >= 11 is 0. The lowest BCUT2D eigenvalue weighted by atomic mass is 9.96. The van der Waals surface area contributed by atoms with Crippen molar-refractivity contribution in [3.05, 3.63) is 0 Å². The largest absolute Gasteiger partial charge is 0.474 e. The zero-order valence-corrected chi connectivity index (χ0v) is 49.1.